The molecule has 1 aromatic heterocycles. The number of fused-ring (bicyclic) bond motifs is 1. The highest BCUT2D eigenvalue weighted by molar-refractivity contribution is 7.91. The van der Waals surface area contributed by atoms with Crippen molar-refractivity contribution in [3.8, 4) is 5.75 Å². The molecule has 2 aromatic rings. The van der Waals surface area contributed by atoms with Crippen molar-refractivity contribution in [2.24, 2.45) is 0 Å². The molecule has 0 spiro atoms. The maximum atomic E-state index is 12.2. The standard InChI is InChI=1S/C15H15NO5S2/c17-14(18)9-21-13-4-3-10-6-12(7-11(10)8-13)16-23(19,20)15-2-1-5-22-15/h1-5,8,12,16H,6-7,9H2,(H,17,18)/p-1. The Bertz CT molecular complexity index is 814. The van der Waals surface area contributed by atoms with Crippen molar-refractivity contribution < 1.29 is 23.1 Å². The quantitative estimate of drug-likeness (QED) is 0.808. The van der Waals surface area contributed by atoms with Crippen molar-refractivity contribution in [3.63, 3.8) is 0 Å². The summed E-state index contributed by atoms with van der Waals surface area (Å²) in [7, 11) is -3.50. The van der Waals surface area contributed by atoms with Crippen LogP contribution in [-0.2, 0) is 27.7 Å². The lowest BCUT2D eigenvalue weighted by Gasteiger charge is -2.11. The van der Waals surface area contributed by atoms with Gasteiger partial charge in [0.25, 0.3) is 0 Å². The highest BCUT2D eigenvalue weighted by atomic mass is 32.2. The van der Waals surface area contributed by atoms with Crippen LogP contribution in [0.5, 0.6) is 5.75 Å². The van der Waals surface area contributed by atoms with Gasteiger partial charge in [-0.15, -0.1) is 11.3 Å². The van der Waals surface area contributed by atoms with Crippen molar-refractivity contribution in [3.05, 3.63) is 46.8 Å². The Labute approximate surface area is 137 Å². The van der Waals surface area contributed by atoms with Crippen molar-refractivity contribution in [1.82, 2.24) is 4.72 Å². The number of carboxylic acid groups (broad SMARTS) is 1. The third-order valence-electron chi connectivity index (χ3n) is 3.55. The maximum Gasteiger partial charge on any atom is 0.250 e. The number of thiophene rings is 1. The summed E-state index contributed by atoms with van der Waals surface area (Å²) in [5, 5.41) is 12.1. The SMILES string of the molecule is O=C([O-])COc1ccc2c(c1)CC(NS(=O)(=O)c1cccs1)C2. The second-order valence-electron chi connectivity index (χ2n) is 5.25. The molecule has 1 unspecified atom stereocenters. The first-order chi connectivity index (χ1) is 10.9. The minimum atomic E-state index is -3.50. The summed E-state index contributed by atoms with van der Waals surface area (Å²) in [6.45, 7) is -0.507. The van der Waals surface area contributed by atoms with Gasteiger partial charge >= 0.3 is 0 Å². The van der Waals surface area contributed by atoms with Crippen molar-refractivity contribution in [2.45, 2.75) is 23.1 Å². The third-order valence-corrected chi connectivity index (χ3v) is 6.47. The maximum absolute atomic E-state index is 12.2. The molecule has 0 radical (unpaired) electrons. The van der Waals surface area contributed by atoms with E-state index in [4.69, 9.17) is 4.74 Å². The number of hydrogen-bond acceptors (Lipinski definition) is 6. The highest BCUT2D eigenvalue weighted by Gasteiger charge is 2.27. The predicted octanol–water partition coefficient (Wildman–Crippen LogP) is 0.322. The largest absolute Gasteiger partial charge is 0.546 e. The summed E-state index contributed by atoms with van der Waals surface area (Å²) in [5.41, 5.74) is 1.99. The van der Waals surface area contributed by atoms with Crippen molar-refractivity contribution in [2.75, 3.05) is 6.61 Å². The molecule has 0 amide bonds. The van der Waals surface area contributed by atoms with Crippen molar-refractivity contribution >= 4 is 27.3 Å². The summed E-state index contributed by atoms with van der Waals surface area (Å²) < 4.78 is 32.6. The van der Waals surface area contributed by atoms with Gasteiger partial charge in [-0.3, -0.25) is 0 Å². The Morgan fingerprint density at radius 1 is 1.30 bits per heavy atom. The van der Waals surface area contributed by atoms with Gasteiger partial charge in [-0.1, -0.05) is 12.1 Å². The van der Waals surface area contributed by atoms with Crippen molar-refractivity contribution in [1.29, 1.82) is 0 Å². The summed E-state index contributed by atoms with van der Waals surface area (Å²) >= 11 is 1.18. The molecule has 0 aliphatic heterocycles. The Hall–Kier alpha value is -1.90. The monoisotopic (exact) mass is 352 g/mol. The van der Waals surface area contributed by atoms with Gasteiger partial charge < -0.3 is 14.6 Å². The molecule has 6 nitrogen and oxygen atoms in total. The van der Waals surface area contributed by atoms with Crippen LogP contribution in [0.4, 0.5) is 0 Å². The minimum Gasteiger partial charge on any atom is -0.546 e. The van der Waals surface area contributed by atoms with Crippen LogP contribution in [-0.4, -0.2) is 27.0 Å². The second-order valence-corrected chi connectivity index (χ2v) is 8.14. The van der Waals surface area contributed by atoms with Gasteiger partial charge in [-0.25, -0.2) is 13.1 Å². The second kappa shape index (κ2) is 6.31. The Kier molecular flexibility index (Phi) is 4.38. The van der Waals surface area contributed by atoms with E-state index in [1.165, 1.54) is 11.3 Å². The van der Waals surface area contributed by atoms with Crippen LogP contribution in [0.25, 0.3) is 0 Å². The third kappa shape index (κ3) is 3.72. The molecule has 1 aromatic carbocycles. The molecular formula is C15H14NO5S2-. The molecule has 0 saturated heterocycles. The molecule has 0 fully saturated rings. The van der Waals surface area contributed by atoms with Gasteiger partial charge in [-0.05, 0) is 47.5 Å². The average molecular weight is 352 g/mol. The molecule has 8 heteroatoms. The van der Waals surface area contributed by atoms with E-state index in [-0.39, 0.29) is 6.04 Å². The summed E-state index contributed by atoms with van der Waals surface area (Å²) in [6, 6.07) is 8.31. The van der Waals surface area contributed by atoms with E-state index in [2.05, 4.69) is 4.72 Å². The molecule has 23 heavy (non-hydrogen) atoms. The molecule has 1 heterocycles. The fourth-order valence-corrected chi connectivity index (χ4v) is 4.85. The zero-order chi connectivity index (χ0) is 16.4. The number of carbonyl (C=O) groups excluding carboxylic acids is 1. The number of hydrogen-bond donors (Lipinski definition) is 1. The highest BCUT2D eigenvalue weighted by Crippen LogP contribution is 2.28. The summed E-state index contributed by atoms with van der Waals surface area (Å²) in [5.74, 6) is -0.846. The van der Waals surface area contributed by atoms with E-state index in [1.807, 2.05) is 6.07 Å². The first-order valence-corrected chi connectivity index (χ1v) is 9.30. The summed E-state index contributed by atoms with van der Waals surface area (Å²) in [6.07, 6.45) is 1.14. The van der Waals surface area contributed by atoms with Crippen LogP contribution in [0, 0.1) is 0 Å². The zero-order valence-corrected chi connectivity index (χ0v) is 13.7. The molecule has 0 bridgehead atoms. The Morgan fingerprint density at radius 2 is 2.09 bits per heavy atom. The van der Waals surface area contributed by atoms with Crippen LogP contribution in [0.15, 0.2) is 39.9 Å². The molecule has 0 saturated carbocycles. The number of rotatable bonds is 6. The van der Waals surface area contributed by atoms with Gasteiger partial charge in [0.2, 0.25) is 10.0 Å². The van der Waals surface area contributed by atoms with E-state index in [0.717, 1.165) is 11.1 Å². The number of sulfonamides is 1. The Balaban J connectivity index is 1.68. The zero-order valence-electron chi connectivity index (χ0n) is 12.0. The molecular weight excluding hydrogens is 338 g/mol. The first-order valence-electron chi connectivity index (χ1n) is 6.94. The number of carbonyl (C=O) groups is 1. The fraction of sp³-hybridized carbons (Fsp3) is 0.267. The van der Waals surface area contributed by atoms with Crippen LogP contribution in [0.3, 0.4) is 0 Å². The lowest BCUT2D eigenvalue weighted by Crippen LogP contribution is -2.34. The smallest absolute Gasteiger partial charge is 0.250 e. The molecule has 1 aliphatic carbocycles. The number of carboxylic acids is 1. The van der Waals surface area contributed by atoms with Gasteiger partial charge in [-0.2, -0.15) is 0 Å². The van der Waals surface area contributed by atoms with Gasteiger partial charge in [0.1, 0.15) is 16.6 Å². The first kappa shape index (κ1) is 16.0. The topological polar surface area (TPSA) is 95.5 Å². The molecule has 1 atom stereocenters. The number of benzene rings is 1. The van der Waals surface area contributed by atoms with E-state index in [1.54, 1.807) is 29.6 Å². The number of ether oxygens (including phenoxy) is 1. The minimum absolute atomic E-state index is 0.214. The summed E-state index contributed by atoms with van der Waals surface area (Å²) in [4.78, 5) is 10.4. The molecule has 1 aliphatic rings. The van der Waals surface area contributed by atoms with Gasteiger partial charge in [0, 0.05) is 6.04 Å². The van der Waals surface area contributed by atoms with Crippen LogP contribution in [0.2, 0.25) is 0 Å². The van der Waals surface area contributed by atoms with E-state index < -0.39 is 22.6 Å². The van der Waals surface area contributed by atoms with Crippen LogP contribution >= 0.6 is 11.3 Å². The molecule has 122 valence electrons. The average Bonchev–Trinajstić information content (AvgIpc) is 3.13. The van der Waals surface area contributed by atoms with Crippen LogP contribution in [0.1, 0.15) is 11.1 Å². The van der Waals surface area contributed by atoms with Gasteiger partial charge in [0.05, 0.1) is 5.97 Å². The fourth-order valence-electron chi connectivity index (χ4n) is 2.60. The van der Waals surface area contributed by atoms with E-state index >= 15 is 0 Å². The lowest BCUT2D eigenvalue weighted by molar-refractivity contribution is -0.307. The number of nitrogens with one attached hydrogen (secondary N) is 1. The molecule has 3 rings (SSSR count). The van der Waals surface area contributed by atoms with E-state index in [9.17, 15) is 18.3 Å². The van der Waals surface area contributed by atoms with E-state index in [0.29, 0.717) is 22.8 Å². The van der Waals surface area contributed by atoms with Gasteiger partial charge in [0.15, 0.2) is 0 Å². The van der Waals surface area contributed by atoms with Crippen LogP contribution < -0.4 is 14.6 Å². The lowest BCUT2D eigenvalue weighted by atomic mass is 10.1. The number of aliphatic carboxylic acids is 1. The normalized spacial score (nSPS) is 17.0. The molecule has 1 N–H and O–H groups in total. The predicted molar refractivity (Wildman–Crippen MR) is 82.8 cm³/mol. The Morgan fingerprint density at radius 3 is 2.78 bits per heavy atom.